The molecule has 0 amide bonds. The van der Waals surface area contributed by atoms with Crippen LogP contribution in [0.5, 0.6) is 0 Å². The largest absolute Gasteiger partial charge is 0.477 e. The Bertz CT molecular complexity index is 534. The van der Waals surface area contributed by atoms with E-state index >= 15 is 0 Å². The summed E-state index contributed by atoms with van der Waals surface area (Å²) in [4.78, 5) is 12.3. The molecule has 2 aromatic heterocycles. The highest BCUT2D eigenvalue weighted by molar-refractivity contribution is 7.14. The Balaban J connectivity index is 1.72. The summed E-state index contributed by atoms with van der Waals surface area (Å²) in [5.74, 6) is -0.849. The molecule has 5 nitrogen and oxygen atoms in total. The van der Waals surface area contributed by atoms with Crippen LogP contribution in [0.2, 0.25) is 0 Å². The van der Waals surface area contributed by atoms with E-state index in [1.54, 1.807) is 12.3 Å². The molecule has 19 heavy (non-hydrogen) atoms. The summed E-state index contributed by atoms with van der Waals surface area (Å²) < 4.78 is 1.90. The standard InChI is InChI=1S/C13H17N3O2S/c1-10-11(8-12(19-10)13(17)18)9-14-4-2-6-16-7-3-5-15-16/h3,5,7-8,14H,2,4,6,9H2,1H3,(H,17,18). The Morgan fingerprint density at radius 3 is 3.05 bits per heavy atom. The SMILES string of the molecule is Cc1sc(C(=O)O)cc1CNCCCn1cccn1. The molecule has 0 unspecified atom stereocenters. The summed E-state index contributed by atoms with van der Waals surface area (Å²) >= 11 is 1.33. The molecule has 6 heteroatoms. The molecule has 0 aliphatic rings. The molecule has 0 saturated carbocycles. The number of hydrogen-bond donors (Lipinski definition) is 2. The highest BCUT2D eigenvalue weighted by atomic mass is 32.1. The van der Waals surface area contributed by atoms with Gasteiger partial charge in [-0.05, 0) is 37.6 Å². The van der Waals surface area contributed by atoms with E-state index in [0.29, 0.717) is 11.4 Å². The Labute approximate surface area is 115 Å². The van der Waals surface area contributed by atoms with Crippen LogP contribution in [-0.4, -0.2) is 27.4 Å². The smallest absolute Gasteiger partial charge is 0.345 e. The number of nitrogens with zero attached hydrogens (tertiary/aromatic N) is 2. The van der Waals surface area contributed by atoms with Crippen molar-refractivity contribution in [1.82, 2.24) is 15.1 Å². The topological polar surface area (TPSA) is 67.2 Å². The van der Waals surface area contributed by atoms with Crippen LogP contribution in [0, 0.1) is 6.92 Å². The van der Waals surface area contributed by atoms with Gasteiger partial charge in [0.15, 0.2) is 0 Å². The normalized spacial score (nSPS) is 10.8. The summed E-state index contributed by atoms with van der Waals surface area (Å²) in [6.07, 6.45) is 4.72. The van der Waals surface area contributed by atoms with Crippen LogP contribution in [0.4, 0.5) is 0 Å². The van der Waals surface area contributed by atoms with Gasteiger partial charge in [-0.1, -0.05) is 0 Å². The second-order valence-electron chi connectivity index (χ2n) is 4.30. The Morgan fingerprint density at radius 1 is 1.58 bits per heavy atom. The Hall–Kier alpha value is -1.66. The number of aromatic nitrogens is 2. The van der Waals surface area contributed by atoms with E-state index in [-0.39, 0.29) is 0 Å². The van der Waals surface area contributed by atoms with Crippen LogP contribution in [0.1, 0.15) is 26.5 Å². The van der Waals surface area contributed by atoms with Crippen LogP contribution in [0.25, 0.3) is 0 Å². The van der Waals surface area contributed by atoms with Crippen LogP contribution >= 0.6 is 11.3 Å². The molecule has 0 aliphatic carbocycles. The zero-order valence-corrected chi connectivity index (χ0v) is 11.6. The van der Waals surface area contributed by atoms with Crippen molar-refractivity contribution in [2.45, 2.75) is 26.4 Å². The van der Waals surface area contributed by atoms with Gasteiger partial charge in [0, 0.05) is 30.4 Å². The van der Waals surface area contributed by atoms with E-state index in [4.69, 9.17) is 5.11 Å². The summed E-state index contributed by atoms with van der Waals surface area (Å²) in [5, 5.41) is 16.4. The first-order valence-electron chi connectivity index (χ1n) is 6.17. The highest BCUT2D eigenvalue weighted by Crippen LogP contribution is 2.21. The lowest BCUT2D eigenvalue weighted by atomic mass is 10.2. The minimum absolute atomic E-state index is 0.408. The average Bonchev–Trinajstić information content (AvgIpc) is 2.99. The first-order valence-corrected chi connectivity index (χ1v) is 6.99. The van der Waals surface area contributed by atoms with Gasteiger partial charge in [-0.3, -0.25) is 4.68 Å². The fourth-order valence-corrected chi connectivity index (χ4v) is 2.70. The summed E-state index contributed by atoms with van der Waals surface area (Å²) in [6.45, 7) is 4.45. The number of rotatable bonds is 7. The summed E-state index contributed by atoms with van der Waals surface area (Å²) in [7, 11) is 0. The van der Waals surface area contributed by atoms with Crippen LogP contribution in [0.15, 0.2) is 24.5 Å². The lowest BCUT2D eigenvalue weighted by Gasteiger charge is -2.04. The first kappa shape index (κ1) is 13.8. The lowest BCUT2D eigenvalue weighted by molar-refractivity contribution is 0.0702. The molecule has 0 aliphatic heterocycles. The number of nitrogens with one attached hydrogen (secondary N) is 1. The van der Waals surface area contributed by atoms with Crippen molar-refractivity contribution in [3.8, 4) is 0 Å². The van der Waals surface area contributed by atoms with Crippen LogP contribution in [-0.2, 0) is 13.1 Å². The number of thiophene rings is 1. The van der Waals surface area contributed by atoms with Gasteiger partial charge < -0.3 is 10.4 Å². The van der Waals surface area contributed by atoms with Crippen molar-refractivity contribution in [2.75, 3.05) is 6.54 Å². The van der Waals surface area contributed by atoms with Crippen molar-refractivity contribution in [3.63, 3.8) is 0 Å². The molecule has 0 bridgehead atoms. The molecule has 0 atom stereocenters. The lowest BCUT2D eigenvalue weighted by Crippen LogP contribution is -2.16. The molecule has 2 rings (SSSR count). The molecule has 2 heterocycles. The average molecular weight is 279 g/mol. The zero-order valence-electron chi connectivity index (χ0n) is 10.8. The van der Waals surface area contributed by atoms with Crippen molar-refractivity contribution in [2.24, 2.45) is 0 Å². The monoisotopic (exact) mass is 279 g/mol. The molecule has 0 saturated heterocycles. The molecule has 0 radical (unpaired) electrons. The van der Waals surface area contributed by atoms with Gasteiger partial charge in [-0.15, -0.1) is 11.3 Å². The number of carbonyl (C=O) groups is 1. The maximum atomic E-state index is 10.9. The minimum Gasteiger partial charge on any atom is -0.477 e. The van der Waals surface area contributed by atoms with Gasteiger partial charge in [0.1, 0.15) is 4.88 Å². The Kier molecular flexibility index (Phi) is 4.70. The molecule has 0 fully saturated rings. The van der Waals surface area contributed by atoms with Gasteiger partial charge in [-0.25, -0.2) is 4.79 Å². The van der Waals surface area contributed by atoms with E-state index < -0.39 is 5.97 Å². The second-order valence-corrected chi connectivity index (χ2v) is 5.55. The predicted molar refractivity (Wildman–Crippen MR) is 74.6 cm³/mol. The molecule has 0 spiro atoms. The van der Waals surface area contributed by atoms with E-state index in [0.717, 1.165) is 30.0 Å². The minimum atomic E-state index is -0.849. The van der Waals surface area contributed by atoms with Gasteiger partial charge in [0.05, 0.1) is 0 Å². The van der Waals surface area contributed by atoms with Crippen molar-refractivity contribution in [3.05, 3.63) is 39.8 Å². The van der Waals surface area contributed by atoms with E-state index in [1.165, 1.54) is 11.3 Å². The molecule has 2 N–H and O–H groups in total. The van der Waals surface area contributed by atoms with E-state index in [9.17, 15) is 4.79 Å². The number of carboxylic acids is 1. The van der Waals surface area contributed by atoms with Gasteiger partial charge in [0.25, 0.3) is 0 Å². The van der Waals surface area contributed by atoms with Crippen LogP contribution < -0.4 is 5.32 Å². The fourth-order valence-electron chi connectivity index (χ4n) is 1.82. The second kappa shape index (κ2) is 6.49. The number of hydrogen-bond acceptors (Lipinski definition) is 4. The summed E-state index contributed by atoms with van der Waals surface area (Å²) in [6, 6.07) is 3.67. The van der Waals surface area contributed by atoms with Gasteiger partial charge in [0.2, 0.25) is 0 Å². The molecule has 0 aromatic carbocycles. The maximum absolute atomic E-state index is 10.9. The predicted octanol–water partition coefficient (Wildman–Crippen LogP) is 2.13. The van der Waals surface area contributed by atoms with Crippen molar-refractivity contribution in [1.29, 1.82) is 0 Å². The van der Waals surface area contributed by atoms with Crippen molar-refractivity contribution < 1.29 is 9.90 Å². The third-order valence-electron chi connectivity index (χ3n) is 2.85. The van der Waals surface area contributed by atoms with Gasteiger partial charge >= 0.3 is 5.97 Å². The number of aromatic carboxylic acids is 1. The number of aryl methyl sites for hydroxylation is 2. The van der Waals surface area contributed by atoms with E-state index in [2.05, 4.69) is 10.4 Å². The molecule has 2 aromatic rings. The maximum Gasteiger partial charge on any atom is 0.345 e. The third-order valence-corrected chi connectivity index (χ3v) is 3.93. The first-order chi connectivity index (χ1) is 9.16. The quantitative estimate of drug-likeness (QED) is 0.762. The highest BCUT2D eigenvalue weighted by Gasteiger charge is 2.10. The summed E-state index contributed by atoms with van der Waals surface area (Å²) in [5.41, 5.74) is 1.07. The number of carboxylic acid groups (broad SMARTS) is 1. The zero-order chi connectivity index (χ0) is 13.7. The Morgan fingerprint density at radius 2 is 2.42 bits per heavy atom. The fraction of sp³-hybridized carbons (Fsp3) is 0.385. The van der Waals surface area contributed by atoms with E-state index in [1.807, 2.05) is 23.9 Å². The molecular weight excluding hydrogens is 262 g/mol. The van der Waals surface area contributed by atoms with Crippen LogP contribution in [0.3, 0.4) is 0 Å². The van der Waals surface area contributed by atoms with Crippen molar-refractivity contribution >= 4 is 17.3 Å². The third kappa shape index (κ3) is 3.90. The van der Waals surface area contributed by atoms with Gasteiger partial charge in [-0.2, -0.15) is 5.10 Å². The molecule has 102 valence electrons. The molecular formula is C13H17N3O2S.